The van der Waals surface area contributed by atoms with Crippen molar-refractivity contribution in [1.82, 2.24) is 19.6 Å². The molecule has 0 N–H and O–H groups in total. The number of halogens is 5. The SMILES string of the molecule is C=C/C=C(\C(Cl)=C/C)c1nnc(-c2cn3cc(C(F)(F)F)cc(Cl)c3n2)s1. The summed E-state index contributed by atoms with van der Waals surface area (Å²) in [4.78, 5) is 4.27. The molecule has 10 heteroatoms. The molecule has 0 amide bonds. The molecule has 140 valence electrons. The quantitative estimate of drug-likeness (QED) is 0.460. The number of fused-ring (bicyclic) bond motifs is 1. The minimum Gasteiger partial charge on any atom is -0.305 e. The number of hydrogen-bond acceptors (Lipinski definition) is 4. The second-order valence-corrected chi connectivity index (χ2v) is 7.09. The summed E-state index contributed by atoms with van der Waals surface area (Å²) < 4.78 is 40.1. The van der Waals surface area contributed by atoms with Gasteiger partial charge in [0.2, 0.25) is 0 Å². The molecule has 4 nitrogen and oxygen atoms in total. The van der Waals surface area contributed by atoms with E-state index < -0.39 is 11.7 Å². The van der Waals surface area contributed by atoms with Crippen molar-refractivity contribution in [3.8, 4) is 10.7 Å². The monoisotopic (exact) mass is 430 g/mol. The predicted octanol–water partition coefficient (Wildman–Crippen LogP) is 6.24. The van der Waals surface area contributed by atoms with Crippen LogP contribution in [0.4, 0.5) is 13.2 Å². The van der Waals surface area contributed by atoms with Crippen molar-refractivity contribution < 1.29 is 13.2 Å². The van der Waals surface area contributed by atoms with Crippen LogP contribution in [0, 0.1) is 0 Å². The summed E-state index contributed by atoms with van der Waals surface area (Å²) in [6.07, 6.45) is 2.83. The molecular formula is C17H11Cl2F3N4S. The molecule has 0 fully saturated rings. The van der Waals surface area contributed by atoms with Crippen LogP contribution in [0.25, 0.3) is 21.9 Å². The third-order valence-corrected chi connectivity index (χ3v) is 5.18. The second-order valence-electron chi connectivity index (χ2n) is 5.30. The second kappa shape index (κ2) is 7.46. The van der Waals surface area contributed by atoms with Gasteiger partial charge in [0.25, 0.3) is 0 Å². The van der Waals surface area contributed by atoms with Gasteiger partial charge in [-0.15, -0.1) is 10.2 Å². The van der Waals surface area contributed by atoms with E-state index in [0.717, 1.165) is 12.3 Å². The molecule has 27 heavy (non-hydrogen) atoms. The lowest BCUT2D eigenvalue weighted by molar-refractivity contribution is -0.137. The van der Waals surface area contributed by atoms with Crippen LogP contribution in [0.3, 0.4) is 0 Å². The first-order valence-corrected chi connectivity index (χ1v) is 9.06. The predicted molar refractivity (Wildman–Crippen MR) is 102 cm³/mol. The molecule has 0 saturated carbocycles. The molecule has 0 aromatic carbocycles. The average molecular weight is 431 g/mol. The zero-order valence-electron chi connectivity index (χ0n) is 13.8. The Labute approximate surface area is 166 Å². The zero-order chi connectivity index (χ0) is 19.8. The standard InChI is InChI=1S/C17H11Cl2F3N4S/c1-3-5-10(11(18)4-2)15-24-25-16(27-15)13-8-26-7-9(17(20,21)22)6-12(19)14(26)23-13/h3-8H,1H2,2H3/b10-5+,11-4+. The molecule has 0 atom stereocenters. The van der Waals surface area contributed by atoms with Crippen LogP contribution in [-0.4, -0.2) is 19.6 Å². The van der Waals surface area contributed by atoms with Crippen molar-refractivity contribution in [2.75, 3.05) is 0 Å². The van der Waals surface area contributed by atoms with Crippen molar-refractivity contribution in [3.05, 3.63) is 63.9 Å². The Morgan fingerprint density at radius 2 is 2.04 bits per heavy atom. The van der Waals surface area contributed by atoms with Crippen LogP contribution in [0.1, 0.15) is 17.5 Å². The first-order chi connectivity index (χ1) is 12.7. The van der Waals surface area contributed by atoms with E-state index in [4.69, 9.17) is 23.2 Å². The van der Waals surface area contributed by atoms with Crippen molar-refractivity contribution in [3.63, 3.8) is 0 Å². The summed E-state index contributed by atoms with van der Waals surface area (Å²) >= 11 is 13.4. The van der Waals surface area contributed by atoms with E-state index >= 15 is 0 Å². The summed E-state index contributed by atoms with van der Waals surface area (Å²) in [5, 5.41) is 9.49. The van der Waals surface area contributed by atoms with Gasteiger partial charge in [0, 0.05) is 23.0 Å². The van der Waals surface area contributed by atoms with Crippen molar-refractivity contribution in [2.24, 2.45) is 0 Å². The van der Waals surface area contributed by atoms with E-state index in [1.54, 1.807) is 25.2 Å². The third-order valence-electron chi connectivity index (χ3n) is 3.50. The van der Waals surface area contributed by atoms with E-state index in [1.165, 1.54) is 21.9 Å². The smallest absolute Gasteiger partial charge is 0.305 e. The topological polar surface area (TPSA) is 43.1 Å². The number of allylic oxidation sites excluding steroid dienone is 5. The lowest BCUT2D eigenvalue weighted by Gasteiger charge is -2.07. The van der Waals surface area contributed by atoms with Crippen molar-refractivity contribution >= 4 is 45.8 Å². The maximum atomic E-state index is 13.0. The van der Waals surface area contributed by atoms with E-state index in [1.807, 2.05) is 0 Å². The average Bonchev–Trinajstić information content (AvgIpc) is 3.25. The Balaban J connectivity index is 2.07. The summed E-state index contributed by atoms with van der Waals surface area (Å²) in [5.74, 6) is 0. The molecular weight excluding hydrogens is 420 g/mol. The molecule has 0 spiro atoms. The highest BCUT2D eigenvalue weighted by Crippen LogP contribution is 2.35. The number of alkyl halides is 3. The minimum absolute atomic E-state index is 0.106. The molecule has 3 rings (SSSR count). The molecule has 3 heterocycles. The highest BCUT2D eigenvalue weighted by atomic mass is 35.5. The van der Waals surface area contributed by atoms with E-state index in [2.05, 4.69) is 21.8 Å². The van der Waals surface area contributed by atoms with Gasteiger partial charge in [-0.05, 0) is 13.0 Å². The number of pyridine rings is 1. The number of nitrogens with zero attached hydrogens (tertiary/aromatic N) is 4. The molecule has 0 radical (unpaired) electrons. The molecule has 0 unspecified atom stereocenters. The van der Waals surface area contributed by atoms with Crippen molar-refractivity contribution in [1.29, 1.82) is 0 Å². The van der Waals surface area contributed by atoms with Crippen LogP contribution in [0.5, 0.6) is 0 Å². The zero-order valence-corrected chi connectivity index (χ0v) is 16.1. The molecule has 0 aliphatic rings. The first-order valence-electron chi connectivity index (χ1n) is 7.49. The summed E-state index contributed by atoms with van der Waals surface area (Å²) in [5.41, 5.74) is 0.330. The van der Waals surface area contributed by atoms with Gasteiger partial charge >= 0.3 is 6.18 Å². The summed E-state index contributed by atoms with van der Waals surface area (Å²) in [7, 11) is 0. The third kappa shape index (κ3) is 3.92. The molecule has 0 aliphatic heterocycles. The summed E-state index contributed by atoms with van der Waals surface area (Å²) in [6, 6.07) is 0.843. The van der Waals surface area contributed by atoms with E-state index in [9.17, 15) is 13.2 Å². The number of aromatic nitrogens is 4. The largest absolute Gasteiger partial charge is 0.417 e. The molecule has 0 aliphatic carbocycles. The highest BCUT2D eigenvalue weighted by molar-refractivity contribution is 7.15. The van der Waals surface area contributed by atoms with Crippen LogP contribution >= 0.6 is 34.5 Å². The normalized spacial score (nSPS) is 13.4. The van der Waals surface area contributed by atoms with Gasteiger partial charge in [-0.3, -0.25) is 0 Å². The van der Waals surface area contributed by atoms with Gasteiger partial charge < -0.3 is 4.40 Å². The van der Waals surface area contributed by atoms with Crippen LogP contribution in [-0.2, 0) is 6.18 Å². The fourth-order valence-corrected chi connectivity index (χ4v) is 3.58. The van der Waals surface area contributed by atoms with Gasteiger partial charge in [0.05, 0.1) is 10.6 Å². The Morgan fingerprint density at radius 3 is 2.67 bits per heavy atom. The summed E-state index contributed by atoms with van der Waals surface area (Å²) in [6.45, 7) is 5.43. The Kier molecular flexibility index (Phi) is 5.41. The molecule has 3 aromatic rings. The number of imidazole rings is 1. The molecule has 3 aromatic heterocycles. The fourth-order valence-electron chi connectivity index (χ4n) is 2.28. The van der Waals surface area contributed by atoms with E-state index in [-0.39, 0.29) is 10.7 Å². The Hall–Kier alpha value is -2.16. The maximum Gasteiger partial charge on any atom is 0.417 e. The number of rotatable bonds is 4. The van der Waals surface area contributed by atoms with Crippen LogP contribution in [0.2, 0.25) is 5.02 Å². The van der Waals surface area contributed by atoms with Gasteiger partial charge in [-0.25, -0.2) is 4.98 Å². The van der Waals surface area contributed by atoms with Crippen LogP contribution < -0.4 is 0 Å². The van der Waals surface area contributed by atoms with Gasteiger partial charge in [0.15, 0.2) is 10.7 Å². The molecule has 0 saturated heterocycles. The van der Waals surface area contributed by atoms with E-state index in [0.29, 0.717) is 26.3 Å². The molecule has 0 bridgehead atoms. The van der Waals surface area contributed by atoms with Gasteiger partial charge in [-0.2, -0.15) is 13.2 Å². The lowest BCUT2D eigenvalue weighted by Crippen LogP contribution is -2.06. The maximum absolute atomic E-state index is 13.0. The Morgan fingerprint density at radius 1 is 1.30 bits per heavy atom. The first kappa shape index (κ1) is 19.6. The minimum atomic E-state index is -4.51. The lowest BCUT2D eigenvalue weighted by atomic mass is 10.2. The number of hydrogen-bond donors (Lipinski definition) is 0. The van der Waals surface area contributed by atoms with Crippen molar-refractivity contribution in [2.45, 2.75) is 13.1 Å². The Bertz CT molecular complexity index is 1080. The van der Waals surface area contributed by atoms with Crippen LogP contribution in [0.15, 0.2) is 48.3 Å². The van der Waals surface area contributed by atoms with Gasteiger partial charge in [-0.1, -0.05) is 59.3 Å². The highest BCUT2D eigenvalue weighted by Gasteiger charge is 2.32. The van der Waals surface area contributed by atoms with Gasteiger partial charge in [0.1, 0.15) is 10.7 Å². The fraction of sp³-hybridized carbons (Fsp3) is 0.118.